The number of halogens is 1. The summed E-state index contributed by atoms with van der Waals surface area (Å²) in [6.45, 7) is 6.98. The molecule has 0 fully saturated rings. The summed E-state index contributed by atoms with van der Waals surface area (Å²) in [7, 11) is 0. The summed E-state index contributed by atoms with van der Waals surface area (Å²) in [5, 5.41) is 0. The molecule has 0 aromatic carbocycles. The molecular weight excluding hydrogens is 295 g/mol. The Morgan fingerprint density at radius 3 is 1.90 bits per heavy atom. The van der Waals surface area contributed by atoms with Crippen molar-refractivity contribution >= 4 is 28.9 Å². The van der Waals surface area contributed by atoms with Crippen molar-refractivity contribution in [1.82, 2.24) is 0 Å². The second-order valence-corrected chi connectivity index (χ2v) is 26.3. The fourth-order valence-corrected chi connectivity index (χ4v) is 9.24. The van der Waals surface area contributed by atoms with E-state index in [2.05, 4.69) is 33.5 Å². The fraction of sp³-hybridized carbons (Fsp3) is 1.00. The zero-order chi connectivity index (χ0) is 8.04. The average molecular weight is 314 g/mol. The minimum atomic E-state index is -1.60. The summed E-state index contributed by atoms with van der Waals surface area (Å²) in [4.78, 5) is 0. The van der Waals surface area contributed by atoms with Crippen LogP contribution in [0.2, 0.25) is 13.3 Å². The Balaban J connectivity index is 3.58. The molecule has 0 saturated heterocycles. The van der Waals surface area contributed by atoms with Crippen LogP contribution in [0.4, 0.5) is 0 Å². The van der Waals surface area contributed by atoms with Crippen molar-refractivity contribution in [3.8, 4) is 0 Å². The average Bonchev–Trinajstić information content (AvgIpc) is 2.00. The van der Waals surface area contributed by atoms with E-state index in [1.807, 2.05) is 0 Å². The van der Waals surface area contributed by atoms with Crippen molar-refractivity contribution < 1.29 is 0 Å². The fourth-order valence-electron chi connectivity index (χ4n) is 1.10. The van der Waals surface area contributed by atoms with Gasteiger partial charge in [0.25, 0.3) is 0 Å². The molecule has 0 aromatic heterocycles. The Hall–Kier alpha value is 1.28. The molecule has 0 amide bonds. The zero-order valence-corrected chi connectivity index (χ0v) is 11.9. The third kappa shape index (κ3) is 4.22. The summed E-state index contributed by atoms with van der Waals surface area (Å²) < 4.78 is 4.47. The normalized spacial score (nSPS) is 12.0. The van der Waals surface area contributed by atoms with Crippen molar-refractivity contribution in [2.24, 2.45) is 0 Å². The van der Waals surface area contributed by atoms with E-state index in [0.29, 0.717) is 0 Å². The predicted molar refractivity (Wildman–Crippen MR) is 55.4 cm³/mol. The van der Waals surface area contributed by atoms with Crippen molar-refractivity contribution in [3.63, 3.8) is 0 Å². The molecule has 0 aliphatic heterocycles. The molecule has 62 valence electrons. The summed E-state index contributed by atoms with van der Waals surface area (Å²) >= 11 is 2.40. The van der Waals surface area contributed by atoms with Crippen molar-refractivity contribution in [2.75, 3.05) is 0 Å². The topological polar surface area (TPSA) is 0 Å². The van der Waals surface area contributed by atoms with E-state index in [1.54, 1.807) is 0 Å². The van der Waals surface area contributed by atoms with E-state index in [9.17, 15) is 0 Å². The van der Waals surface area contributed by atoms with Crippen LogP contribution in [0.3, 0.4) is 0 Å². The first kappa shape index (κ1) is 11.3. The number of rotatable bonds is 5. The second-order valence-electron chi connectivity index (χ2n) is 2.96. The van der Waals surface area contributed by atoms with Crippen molar-refractivity contribution in [2.45, 2.75) is 46.9 Å². The van der Waals surface area contributed by atoms with Gasteiger partial charge in [-0.2, -0.15) is 0 Å². The van der Waals surface area contributed by atoms with E-state index in [1.165, 1.54) is 26.2 Å². The van der Waals surface area contributed by atoms with Gasteiger partial charge in [-0.15, -0.1) is 0 Å². The van der Waals surface area contributed by atoms with Gasteiger partial charge in [-0.25, -0.2) is 0 Å². The van der Waals surface area contributed by atoms with E-state index in [-0.39, 0.29) is 0 Å². The van der Waals surface area contributed by atoms with Crippen LogP contribution >= 0.6 is 12.7 Å². The first-order chi connectivity index (χ1) is 4.68. The van der Waals surface area contributed by atoms with Crippen LogP contribution < -0.4 is 0 Å². The summed E-state index contributed by atoms with van der Waals surface area (Å²) in [5.74, 6) is 0. The molecule has 0 heterocycles. The molecule has 0 nitrogen and oxygen atoms in total. The summed E-state index contributed by atoms with van der Waals surface area (Å²) in [6, 6.07) is 0. The molecule has 0 spiro atoms. The monoisotopic (exact) mass is 314 g/mol. The van der Waals surface area contributed by atoms with Gasteiger partial charge in [-0.05, 0) is 0 Å². The maximum atomic E-state index is 3.99. The van der Waals surface area contributed by atoms with Gasteiger partial charge in [0.2, 0.25) is 0 Å². The second kappa shape index (κ2) is 5.87. The summed E-state index contributed by atoms with van der Waals surface area (Å²) in [6.07, 6.45) is 2.81. The van der Waals surface area contributed by atoms with Crippen LogP contribution in [0.5, 0.6) is 0 Å². The Labute approximate surface area is 75.4 Å². The first-order valence-electron chi connectivity index (χ1n) is 4.37. The molecule has 0 N–H and O–H groups in total. The Morgan fingerprint density at radius 2 is 1.60 bits per heavy atom. The van der Waals surface area contributed by atoms with Gasteiger partial charge in [0.1, 0.15) is 0 Å². The van der Waals surface area contributed by atoms with Crippen LogP contribution in [-0.2, 0) is 0 Å². The van der Waals surface area contributed by atoms with Gasteiger partial charge in [0, 0.05) is 0 Å². The van der Waals surface area contributed by atoms with Gasteiger partial charge >= 0.3 is 75.8 Å². The van der Waals surface area contributed by atoms with E-state index in [0.717, 1.165) is 0 Å². The van der Waals surface area contributed by atoms with Crippen molar-refractivity contribution in [1.29, 1.82) is 0 Å². The van der Waals surface area contributed by atoms with Crippen LogP contribution in [0.15, 0.2) is 0 Å². The molecule has 10 heavy (non-hydrogen) atoms. The number of unbranched alkanes of at least 4 members (excludes halogenated alkanes) is 1. The third-order valence-corrected chi connectivity index (χ3v) is 23.2. The SMILES string of the molecule is CCC[CH2][Sn]([Br])([CH2]C)[CH2]C. The quantitative estimate of drug-likeness (QED) is 0.668. The number of hydrogen-bond acceptors (Lipinski definition) is 0. The Bertz CT molecular complexity index is 79.3. The van der Waals surface area contributed by atoms with Gasteiger partial charge in [0.15, 0.2) is 0 Å². The van der Waals surface area contributed by atoms with E-state index < -0.39 is 16.2 Å². The van der Waals surface area contributed by atoms with E-state index >= 15 is 0 Å². The molecule has 0 saturated carbocycles. The molecule has 0 unspecified atom stereocenters. The van der Waals surface area contributed by atoms with Crippen molar-refractivity contribution in [3.05, 3.63) is 0 Å². The van der Waals surface area contributed by atoms with Gasteiger partial charge in [-0.3, -0.25) is 0 Å². The van der Waals surface area contributed by atoms with E-state index in [4.69, 9.17) is 0 Å². The number of hydrogen-bond donors (Lipinski definition) is 0. The molecular formula is C8H19BrSn. The molecule has 0 aliphatic rings. The van der Waals surface area contributed by atoms with Gasteiger partial charge in [0.05, 0.1) is 0 Å². The molecule has 0 aromatic rings. The maximum absolute atomic E-state index is 3.99. The van der Waals surface area contributed by atoms with Gasteiger partial charge < -0.3 is 0 Å². The van der Waals surface area contributed by atoms with Gasteiger partial charge in [-0.1, -0.05) is 0 Å². The van der Waals surface area contributed by atoms with Crippen LogP contribution in [0, 0.1) is 0 Å². The predicted octanol–water partition coefficient (Wildman–Crippen LogP) is 4.17. The van der Waals surface area contributed by atoms with Crippen LogP contribution in [0.1, 0.15) is 33.6 Å². The molecule has 0 bridgehead atoms. The minimum absolute atomic E-state index is 1.37. The Morgan fingerprint density at radius 1 is 1.10 bits per heavy atom. The molecule has 2 heteroatoms. The molecule has 0 radical (unpaired) electrons. The molecule has 0 atom stereocenters. The van der Waals surface area contributed by atoms with Crippen LogP contribution in [-0.4, -0.2) is 16.2 Å². The molecule has 0 rings (SSSR count). The van der Waals surface area contributed by atoms with Crippen LogP contribution in [0.25, 0.3) is 0 Å². The zero-order valence-electron chi connectivity index (χ0n) is 7.41. The molecule has 0 aliphatic carbocycles. The summed E-state index contributed by atoms with van der Waals surface area (Å²) in [5.41, 5.74) is 0. The third-order valence-electron chi connectivity index (χ3n) is 2.25. The standard InChI is InChI=1S/C4H9.2C2H5.BrH.Sn/c1-3-4-2;2*1-2;;/h1,3-4H2,2H3;2*1H2,2H3;1H;/q;;;;+1/p-1. The first-order valence-corrected chi connectivity index (χ1v) is 16.8. The Kier molecular flexibility index (Phi) is 6.62.